The van der Waals surface area contributed by atoms with Crippen molar-refractivity contribution >= 4 is 59.7 Å². The molecule has 0 unspecified atom stereocenters. The molecule has 0 atom stereocenters. The van der Waals surface area contributed by atoms with Crippen LogP contribution in [0.25, 0.3) is 83.6 Å². The van der Waals surface area contributed by atoms with Crippen molar-refractivity contribution in [1.82, 2.24) is 19.5 Å². The topological polar surface area (TPSA) is 56.7 Å². The molecule has 0 aliphatic carbocycles. The van der Waals surface area contributed by atoms with Gasteiger partial charge in [-0.05, 0) is 54.6 Å². The molecule has 0 radical (unpaired) electrons. The number of benzene rings is 6. The number of nitrogens with zero attached hydrogens (tertiary/aromatic N) is 4. The Bertz CT molecular complexity index is 2510. The standard InChI is InChI=1S/C39H23BrN4O/c40-27-20-26(21-28(23-27)44-33-15-7-4-12-29(33)30-13-5-8-16-34(30)44)39-42-37(24-10-2-1-3-11-24)41-38(43-39)25-18-19-36-32(22-25)31-14-6-9-17-35(31)45-36/h1-23H. The van der Waals surface area contributed by atoms with E-state index in [4.69, 9.17) is 19.4 Å². The van der Waals surface area contributed by atoms with Gasteiger partial charge in [0.05, 0.1) is 11.0 Å². The molecular formula is C39H23BrN4O. The van der Waals surface area contributed by atoms with Crippen LogP contribution in [-0.2, 0) is 0 Å². The molecular weight excluding hydrogens is 620 g/mol. The summed E-state index contributed by atoms with van der Waals surface area (Å²) >= 11 is 3.80. The van der Waals surface area contributed by atoms with Crippen LogP contribution in [0.4, 0.5) is 0 Å². The average Bonchev–Trinajstić information content (AvgIpc) is 3.64. The number of fused-ring (bicyclic) bond motifs is 6. The van der Waals surface area contributed by atoms with Crippen molar-refractivity contribution in [3.05, 3.63) is 144 Å². The number of halogens is 1. The van der Waals surface area contributed by atoms with Crippen molar-refractivity contribution in [3.63, 3.8) is 0 Å². The second kappa shape index (κ2) is 10.3. The van der Waals surface area contributed by atoms with E-state index in [-0.39, 0.29) is 0 Å². The molecule has 3 aromatic heterocycles. The summed E-state index contributed by atoms with van der Waals surface area (Å²) in [5.74, 6) is 1.81. The van der Waals surface area contributed by atoms with Crippen molar-refractivity contribution in [1.29, 1.82) is 0 Å². The fourth-order valence-electron chi connectivity index (χ4n) is 6.25. The van der Waals surface area contributed by atoms with Crippen molar-refractivity contribution in [2.24, 2.45) is 0 Å². The van der Waals surface area contributed by atoms with Crippen molar-refractivity contribution < 1.29 is 4.42 Å². The van der Waals surface area contributed by atoms with Crippen LogP contribution in [-0.4, -0.2) is 19.5 Å². The van der Waals surface area contributed by atoms with E-state index in [1.807, 2.05) is 60.7 Å². The Morgan fingerprint density at radius 3 is 1.76 bits per heavy atom. The molecule has 45 heavy (non-hydrogen) atoms. The van der Waals surface area contributed by atoms with E-state index in [9.17, 15) is 0 Å². The monoisotopic (exact) mass is 642 g/mol. The van der Waals surface area contributed by atoms with Crippen LogP contribution < -0.4 is 0 Å². The zero-order chi connectivity index (χ0) is 29.9. The van der Waals surface area contributed by atoms with Crippen LogP contribution in [0.3, 0.4) is 0 Å². The van der Waals surface area contributed by atoms with Crippen molar-refractivity contribution in [2.45, 2.75) is 0 Å². The molecule has 6 heteroatoms. The minimum Gasteiger partial charge on any atom is -0.456 e. The summed E-state index contributed by atoms with van der Waals surface area (Å²) in [6.45, 7) is 0. The van der Waals surface area contributed by atoms with Gasteiger partial charge in [-0.2, -0.15) is 0 Å². The first-order chi connectivity index (χ1) is 22.2. The summed E-state index contributed by atoms with van der Waals surface area (Å²) in [6, 6.07) is 47.7. The Morgan fingerprint density at radius 1 is 0.444 bits per heavy atom. The van der Waals surface area contributed by atoms with Crippen LogP contribution in [0, 0.1) is 0 Å². The molecule has 5 nitrogen and oxygen atoms in total. The minimum atomic E-state index is 0.597. The maximum Gasteiger partial charge on any atom is 0.164 e. The molecule has 0 aliphatic rings. The first-order valence-electron chi connectivity index (χ1n) is 14.7. The normalized spacial score (nSPS) is 11.7. The maximum absolute atomic E-state index is 6.09. The van der Waals surface area contributed by atoms with Gasteiger partial charge in [-0.25, -0.2) is 15.0 Å². The fourth-order valence-corrected chi connectivity index (χ4v) is 6.73. The van der Waals surface area contributed by atoms with Crippen molar-refractivity contribution in [2.75, 3.05) is 0 Å². The largest absolute Gasteiger partial charge is 0.456 e. The molecule has 0 fully saturated rings. The minimum absolute atomic E-state index is 0.597. The first kappa shape index (κ1) is 25.9. The molecule has 212 valence electrons. The number of hydrogen-bond acceptors (Lipinski definition) is 4. The van der Waals surface area contributed by atoms with E-state index >= 15 is 0 Å². The van der Waals surface area contributed by atoms with Gasteiger partial charge in [-0.3, -0.25) is 0 Å². The highest BCUT2D eigenvalue weighted by Crippen LogP contribution is 2.36. The molecule has 0 spiro atoms. The molecule has 3 heterocycles. The fraction of sp³-hybridized carbons (Fsp3) is 0. The molecule has 9 aromatic rings. The van der Waals surface area contributed by atoms with Crippen LogP contribution in [0.1, 0.15) is 0 Å². The predicted octanol–water partition coefficient (Wildman–Crippen LogP) is 10.6. The second-order valence-electron chi connectivity index (χ2n) is 11.0. The lowest BCUT2D eigenvalue weighted by atomic mass is 10.1. The Hall–Kier alpha value is -5.59. The van der Waals surface area contributed by atoms with Crippen molar-refractivity contribution in [3.8, 4) is 39.9 Å². The molecule has 0 N–H and O–H groups in total. The zero-order valence-corrected chi connectivity index (χ0v) is 25.4. The summed E-state index contributed by atoms with van der Waals surface area (Å²) in [6.07, 6.45) is 0. The number of aromatic nitrogens is 4. The molecule has 6 aromatic carbocycles. The van der Waals surface area contributed by atoms with E-state index in [0.717, 1.165) is 59.8 Å². The third-order valence-electron chi connectivity index (χ3n) is 8.28. The highest BCUT2D eigenvalue weighted by atomic mass is 79.9. The first-order valence-corrected chi connectivity index (χ1v) is 15.5. The van der Waals surface area contributed by atoms with E-state index < -0.39 is 0 Å². The van der Waals surface area contributed by atoms with E-state index in [1.54, 1.807) is 0 Å². The molecule has 9 rings (SSSR count). The van der Waals surface area contributed by atoms with Gasteiger partial charge in [0.2, 0.25) is 0 Å². The van der Waals surface area contributed by atoms with Crippen LogP contribution in [0.15, 0.2) is 148 Å². The molecule has 0 aliphatic heterocycles. The van der Waals surface area contributed by atoms with Gasteiger partial charge in [-0.1, -0.05) is 101 Å². The highest BCUT2D eigenvalue weighted by molar-refractivity contribution is 9.10. The molecule has 0 saturated carbocycles. The van der Waals surface area contributed by atoms with E-state index in [2.05, 4.69) is 99.4 Å². The number of rotatable bonds is 4. The molecule has 0 bridgehead atoms. The van der Waals surface area contributed by atoms with Crippen LogP contribution in [0.2, 0.25) is 0 Å². The Kier molecular flexibility index (Phi) is 5.89. The Labute approximate surface area is 266 Å². The summed E-state index contributed by atoms with van der Waals surface area (Å²) in [4.78, 5) is 15.1. The summed E-state index contributed by atoms with van der Waals surface area (Å²) in [7, 11) is 0. The summed E-state index contributed by atoms with van der Waals surface area (Å²) < 4.78 is 9.33. The molecule has 0 saturated heterocycles. The van der Waals surface area contributed by atoms with Crippen LogP contribution in [0.5, 0.6) is 0 Å². The van der Waals surface area contributed by atoms with Gasteiger partial charge < -0.3 is 8.98 Å². The average molecular weight is 644 g/mol. The second-order valence-corrected chi connectivity index (χ2v) is 12.0. The number of para-hydroxylation sites is 3. The quantitative estimate of drug-likeness (QED) is 0.192. The maximum atomic E-state index is 6.09. The van der Waals surface area contributed by atoms with E-state index in [1.165, 1.54) is 10.8 Å². The Morgan fingerprint density at radius 2 is 1.02 bits per heavy atom. The molecule has 0 amide bonds. The Balaban J connectivity index is 1.26. The third-order valence-corrected chi connectivity index (χ3v) is 8.74. The lowest BCUT2D eigenvalue weighted by Crippen LogP contribution is -2.01. The lowest BCUT2D eigenvalue weighted by molar-refractivity contribution is 0.669. The number of furan rings is 1. The van der Waals surface area contributed by atoms with Gasteiger partial charge in [-0.15, -0.1) is 0 Å². The zero-order valence-electron chi connectivity index (χ0n) is 23.9. The van der Waals surface area contributed by atoms with Gasteiger partial charge >= 0.3 is 0 Å². The summed E-state index contributed by atoms with van der Waals surface area (Å²) in [5.41, 5.74) is 7.71. The SMILES string of the molecule is Brc1cc(-c2nc(-c3ccccc3)nc(-c3ccc4oc5ccccc5c4c3)n2)cc(-n2c3ccccc3c3ccccc32)c1. The van der Waals surface area contributed by atoms with Gasteiger partial charge in [0.15, 0.2) is 17.5 Å². The predicted molar refractivity (Wildman–Crippen MR) is 185 cm³/mol. The highest BCUT2D eigenvalue weighted by Gasteiger charge is 2.17. The smallest absolute Gasteiger partial charge is 0.164 e. The lowest BCUT2D eigenvalue weighted by Gasteiger charge is -2.12. The van der Waals surface area contributed by atoms with E-state index in [0.29, 0.717) is 17.5 Å². The summed E-state index contributed by atoms with van der Waals surface area (Å²) in [5, 5.41) is 4.52. The van der Waals surface area contributed by atoms with Gasteiger partial charge in [0, 0.05) is 48.4 Å². The number of hydrogen-bond donors (Lipinski definition) is 0. The van der Waals surface area contributed by atoms with Crippen LogP contribution >= 0.6 is 15.9 Å². The third kappa shape index (κ3) is 4.33. The van der Waals surface area contributed by atoms with Gasteiger partial charge in [0.1, 0.15) is 11.2 Å². The van der Waals surface area contributed by atoms with Gasteiger partial charge in [0.25, 0.3) is 0 Å².